The predicted octanol–water partition coefficient (Wildman–Crippen LogP) is 3.30. The monoisotopic (exact) mass is 303 g/mol. The van der Waals surface area contributed by atoms with Crippen molar-refractivity contribution >= 4 is 27.7 Å². The number of hydrogen-bond acceptors (Lipinski definition) is 3. The summed E-state index contributed by atoms with van der Waals surface area (Å²) in [6.45, 7) is 3.79. The number of thioether (sulfide) groups is 1. The second-order valence-corrected chi connectivity index (χ2v) is 5.58. The van der Waals surface area contributed by atoms with Gasteiger partial charge in [0.15, 0.2) is 0 Å². The molecule has 0 aliphatic heterocycles. The summed E-state index contributed by atoms with van der Waals surface area (Å²) in [5, 5.41) is 3.14. The van der Waals surface area contributed by atoms with E-state index < -0.39 is 0 Å². The van der Waals surface area contributed by atoms with Gasteiger partial charge in [-0.1, -0.05) is 22.9 Å². The fraction of sp³-hybridized carbons (Fsp3) is 0.500. The van der Waals surface area contributed by atoms with E-state index in [0.29, 0.717) is 0 Å². The van der Waals surface area contributed by atoms with E-state index in [0.717, 1.165) is 34.9 Å². The van der Waals surface area contributed by atoms with E-state index in [1.54, 1.807) is 0 Å². The van der Waals surface area contributed by atoms with E-state index in [-0.39, 0.29) is 0 Å². The van der Waals surface area contributed by atoms with Crippen LogP contribution in [-0.4, -0.2) is 25.2 Å². The minimum atomic E-state index is 0.777. The summed E-state index contributed by atoms with van der Waals surface area (Å²) < 4.78 is 6.80. The maximum Gasteiger partial charge on any atom is 0.119 e. The van der Waals surface area contributed by atoms with E-state index >= 15 is 0 Å². The van der Waals surface area contributed by atoms with Crippen molar-refractivity contribution in [1.82, 2.24) is 5.32 Å². The number of ether oxygens (including phenoxy) is 1. The zero-order valence-corrected chi connectivity index (χ0v) is 12.2. The summed E-state index contributed by atoms with van der Waals surface area (Å²) in [4.78, 5) is 0. The third-order valence-corrected chi connectivity index (χ3v) is 3.72. The van der Waals surface area contributed by atoms with Gasteiger partial charge in [0.1, 0.15) is 5.75 Å². The van der Waals surface area contributed by atoms with Crippen LogP contribution < -0.4 is 10.1 Å². The largest absolute Gasteiger partial charge is 0.493 e. The van der Waals surface area contributed by atoms with Crippen molar-refractivity contribution in [1.29, 1.82) is 0 Å². The van der Waals surface area contributed by atoms with Gasteiger partial charge in [-0.2, -0.15) is 11.8 Å². The summed E-state index contributed by atoms with van der Waals surface area (Å²) in [6, 6.07) is 6.12. The van der Waals surface area contributed by atoms with Crippen LogP contribution in [0.3, 0.4) is 0 Å². The minimum absolute atomic E-state index is 0.777. The molecule has 1 aromatic carbocycles. The lowest BCUT2D eigenvalue weighted by Crippen LogP contribution is -2.06. The van der Waals surface area contributed by atoms with Crippen molar-refractivity contribution in [2.45, 2.75) is 13.5 Å². The van der Waals surface area contributed by atoms with Gasteiger partial charge < -0.3 is 10.1 Å². The Kier molecular flexibility index (Phi) is 6.92. The van der Waals surface area contributed by atoms with Crippen LogP contribution in [0.15, 0.2) is 22.7 Å². The zero-order chi connectivity index (χ0) is 11.8. The quantitative estimate of drug-likeness (QED) is 0.781. The zero-order valence-electron chi connectivity index (χ0n) is 9.75. The van der Waals surface area contributed by atoms with Crippen molar-refractivity contribution in [2.75, 3.05) is 25.2 Å². The molecule has 0 radical (unpaired) electrons. The molecule has 90 valence electrons. The molecule has 0 spiro atoms. The van der Waals surface area contributed by atoms with Crippen LogP contribution in [0.2, 0.25) is 0 Å². The van der Waals surface area contributed by atoms with Crippen LogP contribution in [0.5, 0.6) is 5.75 Å². The standard InChI is InChI=1S/C12H18BrNOS/c1-3-16-7-6-15-11-4-5-12(13)10(8-11)9-14-2/h4-5,8,14H,3,6-7,9H2,1-2H3. The van der Waals surface area contributed by atoms with Gasteiger partial charge in [0.2, 0.25) is 0 Å². The van der Waals surface area contributed by atoms with E-state index in [2.05, 4.69) is 34.2 Å². The summed E-state index contributed by atoms with van der Waals surface area (Å²) in [5.41, 5.74) is 1.23. The average Bonchev–Trinajstić information content (AvgIpc) is 2.29. The highest BCUT2D eigenvalue weighted by Crippen LogP contribution is 2.22. The Morgan fingerprint density at radius 2 is 2.25 bits per heavy atom. The molecule has 2 nitrogen and oxygen atoms in total. The van der Waals surface area contributed by atoms with Crippen molar-refractivity contribution in [3.63, 3.8) is 0 Å². The fourth-order valence-corrected chi connectivity index (χ4v) is 2.21. The summed E-state index contributed by atoms with van der Waals surface area (Å²) in [5.74, 6) is 3.15. The van der Waals surface area contributed by atoms with Gasteiger partial charge in [0, 0.05) is 16.8 Å². The number of rotatable bonds is 7. The molecule has 4 heteroatoms. The third kappa shape index (κ3) is 4.76. The molecule has 1 aromatic rings. The second-order valence-electron chi connectivity index (χ2n) is 3.33. The molecule has 16 heavy (non-hydrogen) atoms. The van der Waals surface area contributed by atoms with E-state index in [1.165, 1.54) is 5.56 Å². The van der Waals surface area contributed by atoms with Gasteiger partial charge in [0.25, 0.3) is 0 Å². The lowest BCUT2D eigenvalue weighted by atomic mass is 10.2. The molecule has 0 aliphatic carbocycles. The molecular weight excluding hydrogens is 286 g/mol. The van der Waals surface area contributed by atoms with Gasteiger partial charge in [-0.25, -0.2) is 0 Å². The first-order chi connectivity index (χ1) is 7.77. The molecule has 0 bridgehead atoms. The number of nitrogens with one attached hydrogen (secondary N) is 1. The van der Waals surface area contributed by atoms with Gasteiger partial charge in [0.05, 0.1) is 6.61 Å². The molecule has 1 rings (SSSR count). The molecule has 1 N–H and O–H groups in total. The topological polar surface area (TPSA) is 21.3 Å². The van der Waals surface area contributed by atoms with Crippen molar-refractivity contribution < 1.29 is 4.74 Å². The Labute approximate surface area is 110 Å². The van der Waals surface area contributed by atoms with Crippen LogP contribution in [0.1, 0.15) is 12.5 Å². The smallest absolute Gasteiger partial charge is 0.119 e. The molecule has 0 aromatic heterocycles. The minimum Gasteiger partial charge on any atom is -0.493 e. The lowest BCUT2D eigenvalue weighted by molar-refractivity contribution is 0.343. The Balaban J connectivity index is 2.50. The van der Waals surface area contributed by atoms with Crippen molar-refractivity contribution in [3.8, 4) is 5.75 Å². The van der Waals surface area contributed by atoms with Crippen LogP contribution in [0.25, 0.3) is 0 Å². The Morgan fingerprint density at radius 3 is 2.94 bits per heavy atom. The Hall–Kier alpha value is -0.190. The molecule has 0 saturated carbocycles. The van der Waals surface area contributed by atoms with Crippen LogP contribution in [0.4, 0.5) is 0 Å². The van der Waals surface area contributed by atoms with E-state index in [4.69, 9.17) is 4.74 Å². The highest BCUT2D eigenvalue weighted by Gasteiger charge is 2.01. The molecule has 0 amide bonds. The predicted molar refractivity (Wildman–Crippen MR) is 75.4 cm³/mol. The molecular formula is C12H18BrNOS. The van der Waals surface area contributed by atoms with Gasteiger partial charge in [-0.05, 0) is 36.6 Å². The SMILES string of the molecule is CCSCCOc1ccc(Br)c(CNC)c1. The summed E-state index contributed by atoms with van der Waals surface area (Å²) in [7, 11) is 1.94. The van der Waals surface area contributed by atoms with Crippen LogP contribution in [0, 0.1) is 0 Å². The molecule has 0 atom stereocenters. The molecule has 0 aliphatic rings. The molecule has 0 heterocycles. The normalized spacial score (nSPS) is 10.4. The maximum atomic E-state index is 5.68. The van der Waals surface area contributed by atoms with Crippen LogP contribution in [-0.2, 0) is 6.54 Å². The molecule has 0 saturated heterocycles. The first-order valence-corrected chi connectivity index (χ1v) is 7.36. The first-order valence-electron chi connectivity index (χ1n) is 5.41. The van der Waals surface area contributed by atoms with E-state index in [1.807, 2.05) is 30.9 Å². The van der Waals surface area contributed by atoms with Crippen molar-refractivity contribution in [2.24, 2.45) is 0 Å². The van der Waals surface area contributed by atoms with Crippen molar-refractivity contribution in [3.05, 3.63) is 28.2 Å². The Morgan fingerprint density at radius 1 is 1.44 bits per heavy atom. The van der Waals surface area contributed by atoms with Gasteiger partial charge in [-0.15, -0.1) is 0 Å². The second kappa shape index (κ2) is 7.98. The third-order valence-electron chi connectivity index (χ3n) is 2.08. The summed E-state index contributed by atoms with van der Waals surface area (Å²) >= 11 is 5.42. The van der Waals surface area contributed by atoms with Gasteiger partial charge in [-0.3, -0.25) is 0 Å². The Bertz CT molecular complexity index is 320. The molecule has 0 fully saturated rings. The highest BCUT2D eigenvalue weighted by molar-refractivity contribution is 9.10. The lowest BCUT2D eigenvalue weighted by Gasteiger charge is -2.09. The molecule has 0 unspecified atom stereocenters. The van der Waals surface area contributed by atoms with E-state index in [9.17, 15) is 0 Å². The number of benzene rings is 1. The summed E-state index contributed by atoms with van der Waals surface area (Å²) in [6.07, 6.45) is 0. The van der Waals surface area contributed by atoms with Crippen LogP contribution >= 0.6 is 27.7 Å². The number of hydrogen-bond donors (Lipinski definition) is 1. The number of halogens is 1. The fourth-order valence-electron chi connectivity index (χ4n) is 1.33. The maximum absolute atomic E-state index is 5.68. The van der Waals surface area contributed by atoms with Gasteiger partial charge >= 0.3 is 0 Å². The average molecular weight is 304 g/mol. The first kappa shape index (κ1) is 13.9. The highest BCUT2D eigenvalue weighted by atomic mass is 79.9.